The smallest absolute Gasteiger partial charge is 0.343 e. The number of H-pyrrole nitrogens is 1. The topological polar surface area (TPSA) is 86.2 Å². The zero-order chi connectivity index (χ0) is 22.3. The summed E-state index contributed by atoms with van der Waals surface area (Å²) >= 11 is 0. The van der Waals surface area contributed by atoms with Crippen LogP contribution < -0.4 is 10.2 Å². The predicted octanol–water partition coefficient (Wildman–Crippen LogP) is 4.23. The van der Waals surface area contributed by atoms with Crippen molar-refractivity contribution in [3.05, 3.63) is 58.1 Å². The fourth-order valence-electron chi connectivity index (χ4n) is 4.24. The fourth-order valence-corrected chi connectivity index (χ4v) is 4.24. The van der Waals surface area contributed by atoms with Crippen molar-refractivity contribution in [1.82, 2.24) is 14.8 Å². The van der Waals surface area contributed by atoms with E-state index in [4.69, 9.17) is 9.47 Å². The Kier molecular flexibility index (Phi) is 5.21. The maximum atomic E-state index is 12.8. The largest absolute Gasteiger partial charge is 0.496 e. The Labute approximate surface area is 181 Å². The number of rotatable bonds is 4. The summed E-state index contributed by atoms with van der Waals surface area (Å²) in [6, 6.07) is 5.67. The molecule has 1 aliphatic heterocycles. The third-order valence-electron chi connectivity index (χ3n) is 5.83. The van der Waals surface area contributed by atoms with Crippen LogP contribution in [0, 0.1) is 5.41 Å². The molecule has 162 valence electrons. The number of ether oxygens (including phenoxy) is 2. The Morgan fingerprint density at radius 1 is 1.26 bits per heavy atom. The summed E-state index contributed by atoms with van der Waals surface area (Å²) in [7, 11) is 1.63. The van der Waals surface area contributed by atoms with Crippen LogP contribution in [0.4, 0.5) is 0 Å². The lowest BCUT2D eigenvalue weighted by molar-refractivity contribution is 0.0523. The first-order valence-electron chi connectivity index (χ1n) is 10.4. The number of nitrogens with zero attached hydrogens (tertiary/aromatic N) is 2. The second kappa shape index (κ2) is 7.72. The van der Waals surface area contributed by atoms with E-state index in [1.807, 2.05) is 16.8 Å². The molecule has 0 spiro atoms. The summed E-state index contributed by atoms with van der Waals surface area (Å²) in [5.74, 6) is 0.108. The quantitative estimate of drug-likeness (QED) is 0.637. The molecule has 1 aromatic carbocycles. The van der Waals surface area contributed by atoms with E-state index in [2.05, 4.69) is 37.0 Å². The lowest BCUT2D eigenvalue weighted by Crippen LogP contribution is -2.33. The minimum Gasteiger partial charge on any atom is -0.496 e. The number of hydrogen-bond donors (Lipinski definition) is 1. The highest BCUT2D eigenvalue weighted by molar-refractivity contribution is 5.89. The van der Waals surface area contributed by atoms with E-state index in [9.17, 15) is 9.59 Å². The first kappa shape index (κ1) is 20.9. The van der Waals surface area contributed by atoms with Crippen LogP contribution in [0.2, 0.25) is 0 Å². The fraction of sp³-hybridized carbons (Fsp3) is 0.375. The average Bonchev–Trinajstić information content (AvgIpc) is 3.26. The molecule has 1 atom stereocenters. The van der Waals surface area contributed by atoms with Crippen LogP contribution in [-0.4, -0.2) is 34.5 Å². The highest BCUT2D eigenvalue weighted by atomic mass is 16.5. The molecule has 7 heteroatoms. The van der Waals surface area contributed by atoms with Crippen molar-refractivity contribution in [3.63, 3.8) is 0 Å². The molecule has 0 saturated heterocycles. The molecule has 0 amide bonds. The maximum absolute atomic E-state index is 12.8. The van der Waals surface area contributed by atoms with Crippen molar-refractivity contribution >= 4 is 5.97 Å². The summed E-state index contributed by atoms with van der Waals surface area (Å²) in [5, 5.41) is 6.91. The highest BCUT2D eigenvalue weighted by Crippen LogP contribution is 2.45. The predicted molar refractivity (Wildman–Crippen MR) is 118 cm³/mol. The van der Waals surface area contributed by atoms with Gasteiger partial charge in [-0.05, 0) is 36.5 Å². The van der Waals surface area contributed by atoms with Gasteiger partial charge in [-0.2, -0.15) is 5.10 Å². The van der Waals surface area contributed by atoms with Crippen molar-refractivity contribution in [2.45, 2.75) is 40.2 Å². The number of carbonyl (C=O) groups excluding carboxylic acids is 1. The van der Waals surface area contributed by atoms with Crippen LogP contribution in [0.1, 0.15) is 49.7 Å². The van der Waals surface area contributed by atoms with E-state index in [-0.39, 0.29) is 29.1 Å². The molecule has 3 heterocycles. The lowest BCUT2D eigenvalue weighted by atomic mass is 9.78. The number of pyridine rings is 1. The molecule has 0 fully saturated rings. The summed E-state index contributed by atoms with van der Waals surface area (Å²) in [6.07, 6.45) is 6.01. The molecule has 3 aromatic rings. The molecule has 0 bridgehead atoms. The Morgan fingerprint density at radius 2 is 2.03 bits per heavy atom. The van der Waals surface area contributed by atoms with Crippen LogP contribution in [0.5, 0.6) is 5.75 Å². The van der Waals surface area contributed by atoms with Gasteiger partial charge in [0.1, 0.15) is 11.3 Å². The molecule has 1 N–H and O–H groups in total. The van der Waals surface area contributed by atoms with Gasteiger partial charge in [-0.3, -0.25) is 9.89 Å². The van der Waals surface area contributed by atoms with Crippen LogP contribution in [0.15, 0.2) is 41.6 Å². The molecule has 7 nitrogen and oxygen atoms in total. The molecule has 4 rings (SSSR count). The van der Waals surface area contributed by atoms with Gasteiger partial charge in [0.15, 0.2) is 5.43 Å². The lowest BCUT2D eigenvalue weighted by Gasteiger charge is -2.39. The van der Waals surface area contributed by atoms with Crippen molar-refractivity contribution in [2.75, 3.05) is 13.7 Å². The van der Waals surface area contributed by atoms with Crippen molar-refractivity contribution in [2.24, 2.45) is 5.41 Å². The molecule has 0 aliphatic carbocycles. The molecule has 2 aromatic heterocycles. The molecule has 1 unspecified atom stereocenters. The minimum atomic E-state index is -0.589. The number of esters is 1. The number of carbonyl (C=O) groups is 1. The van der Waals surface area contributed by atoms with Gasteiger partial charge in [0.2, 0.25) is 0 Å². The van der Waals surface area contributed by atoms with E-state index < -0.39 is 5.97 Å². The number of methoxy groups -OCH3 is 1. The molecule has 0 radical (unpaired) electrons. The number of aromatic amines is 1. The molecule has 1 aliphatic rings. The summed E-state index contributed by atoms with van der Waals surface area (Å²) < 4.78 is 12.8. The standard InChI is InChI=1S/C24H27N3O4/c1-6-31-23(29)18-13-27-19(10-20(18)28)16-9-21(30-5)17(15-11-25-26-12-15)7-14(16)8-22(27)24(2,3)4/h7,9-13,22H,6,8H2,1-5H3,(H,25,26). The summed E-state index contributed by atoms with van der Waals surface area (Å²) in [5.41, 5.74) is 4.32. The van der Waals surface area contributed by atoms with Crippen LogP contribution in [0.25, 0.3) is 22.4 Å². The van der Waals surface area contributed by atoms with Gasteiger partial charge in [0.25, 0.3) is 0 Å². The summed E-state index contributed by atoms with van der Waals surface area (Å²) in [4.78, 5) is 25.2. The van der Waals surface area contributed by atoms with E-state index >= 15 is 0 Å². The van der Waals surface area contributed by atoms with Gasteiger partial charge in [0.05, 0.1) is 25.6 Å². The summed E-state index contributed by atoms with van der Waals surface area (Å²) in [6.45, 7) is 8.44. The molecular weight excluding hydrogens is 394 g/mol. The number of nitrogens with one attached hydrogen (secondary N) is 1. The normalized spacial score (nSPS) is 15.2. The first-order chi connectivity index (χ1) is 14.7. The number of hydrogen-bond acceptors (Lipinski definition) is 5. The molecule has 0 saturated carbocycles. The zero-order valence-electron chi connectivity index (χ0n) is 18.5. The second-order valence-corrected chi connectivity index (χ2v) is 8.85. The second-order valence-electron chi connectivity index (χ2n) is 8.85. The van der Waals surface area contributed by atoms with Crippen LogP contribution in [-0.2, 0) is 11.2 Å². The monoisotopic (exact) mass is 421 g/mol. The van der Waals surface area contributed by atoms with Crippen molar-refractivity contribution < 1.29 is 14.3 Å². The third-order valence-corrected chi connectivity index (χ3v) is 5.83. The zero-order valence-corrected chi connectivity index (χ0v) is 18.5. The number of aromatic nitrogens is 3. The van der Waals surface area contributed by atoms with Gasteiger partial charge >= 0.3 is 5.97 Å². The maximum Gasteiger partial charge on any atom is 0.343 e. The van der Waals surface area contributed by atoms with Crippen molar-refractivity contribution in [3.8, 4) is 28.1 Å². The molecular formula is C24H27N3O4. The van der Waals surface area contributed by atoms with Gasteiger partial charge in [-0.1, -0.05) is 20.8 Å². The van der Waals surface area contributed by atoms with Crippen LogP contribution >= 0.6 is 0 Å². The Bertz CT molecular complexity index is 1190. The van der Waals surface area contributed by atoms with Gasteiger partial charge in [0, 0.05) is 41.2 Å². The van der Waals surface area contributed by atoms with Gasteiger partial charge in [-0.25, -0.2) is 4.79 Å². The SMILES string of the molecule is CCOC(=O)c1cn2c(cc1=O)-c1cc(OC)c(-c3cn[nH]c3)cc1CC2C(C)(C)C. The minimum absolute atomic E-state index is 0.0503. The van der Waals surface area contributed by atoms with Crippen LogP contribution in [0.3, 0.4) is 0 Å². The van der Waals surface area contributed by atoms with Crippen molar-refractivity contribution in [1.29, 1.82) is 0 Å². The Hall–Kier alpha value is -3.35. The van der Waals surface area contributed by atoms with Gasteiger partial charge in [-0.15, -0.1) is 0 Å². The Morgan fingerprint density at radius 3 is 2.65 bits per heavy atom. The van der Waals surface area contributed by atoms with E-state index in [0.29, 0.717) is 5.75 Å². The van der Waals surface area contributed by atoms with Gasteiger partial charge < -0.3 is 14.0 Å². The van der Waals surface area contributed by atoms with E-state index in [0.717, 1.165) is 34.4 Å². The highest BCUT2D eigenvalue weighted by Gasteiger charge is 2.34. The molecule has 31 heavy (non-hydrogen) atoms. The Balaban J connectivity index is 1.96. The third kappa shape index (κ3) is 3.65. The van der Waals surface area contributed by atoms with E-state index in [1.54, 1.807) is 32.5 Å². The average molecular weight is 421 g/mol. The first-order valence-corrected chi connectivity index (χ1v) is 10.4. The number of benzene rings is 1. The number of fused-ring (bicyclic) bond motifs is 3. The van der Waals surface area contributed by atoms with E-state index in [1.165, 1.54) is 0 Å².